The number of nitrogens with one attached hydrogen (secondary N) is 1. The maximum Gasteiger partial charge on any atom is 0.260 e. The second-order valence-electron chi connectivity index (χ2n) is 7.22. The molecule has 29 heavy (non-hydrogen) atoms. The van der Waals surface area contributed by atoms with E-state index in [1.807, 2.05) is 49.1 Å². The number of benzene rings is 2. The average Bonchev–Trinajstić information content (AvgIpc) is 2.71. The normalized spacial score (nSPS) is 14.5. The number of hydrogen-bond donors (Lipinski definition) is 1. The van der Waals surface area contributed by atoms with Gasteiger partial charge in [-0.25, -0.2) is 0 Å². The van der Waals surface area contributed by atoms with Gasteiger partial charge in [-0.2, -0.15) is 0 Å². The summed E-state index contributed by atoms with van der Waals surface area (Å²) in [5.41, 5.74) is 2.94. The van der Waals surface area contributed by atoms with Crippen LogP contribution in [0.25, 0.3) is 0 Å². The Morgan fingerprint density at radius 1 is 1.03 bits per heavy atom. The van der Waals surface area contributed by atoms with Crippen LogP contribution in [-0.4, -0.2) is 60.9 Å². The van der Waals surface area contributed by atoms with Crippen LogP contribution < -0.4 is 10.1 Å². The molecular formula is C22H26ClN3O3. The Hall–Kier alpha value is -2.57. The lowest BCUT2D eigenvalue weighted by molar-refractivity contribution is -0.135. The van der Waals surface area contributed by atoms with Crippen LogP contribution in [0.4, 0.5) is 5.69 Å². The molecule has 3 rings (SSSR count). The summed E-state index contributed by atoms with van der Waals surface area (Å²) in [5.74, 6) is 0.552. The Balaban J connectivity index is 1.41. The van der Waals surface area contributed by atoms with Crippen LogP contribution in [0.2, 0.25) is 5.02 Å². The SMILES string of the molecule is Cc1ccc(OCC(=O)N2CCN(CC(=O)Nc3ccccc3Cl)CC2)cc1C. The van der Waals surface area contributed by atoms with Crippen molar-refractivity contribution in [2.75, 3.05) is 44.6 Å². The van der Waals surface area contributed by atoms with Crippen LogP contribution in [0.1, 0.15) is 11.1 Å². The first-order valence-corrected chi connectivity index (χ1v) is 10.0. The van der Waals surface area contributed by atoms with Gasteiger partial charge in [-0.3, -0.25) is 14.5 Å². The number of nitrogens with zero attached hydrogens (tertiary/aromatic N) is 2. The Labute approximate surface area is 176 Å². The molecule has 0 bridgehead atoms. The number of hydrogen-bond acceptors (Lipinski definition) is 4. The maximum absolute atomic E-state index is 12.4. The Kier molecular flexibility index (Phi) is 7.12. The lowest BCUT2D eigenvalue weighted by Crippen LogP contribution is -2.51. The molecule has 1 fully saturated rings. The van der Waals surface area contributed by atoms with Crippen molar-refractivity contribution in [2.45, 2.75) is 13.8 Å². The van der Waals surface area contributed by atoms with Gasteiger partial charge in [0.05, 0.1) is 17.3 Å². The van der Waals surface area contributed by atoms with Gasteiger partial charge in [0.15, 0.2) is 6.61 Å². The van der Waals surface area contributed by atoms with E-state index in [9.17, 15) is 9.59 Å². The predicted molar refractivity (Wildman–Crippen MR) is 115 cm³/mol. The van der Waals surface area contributed by atoms with E-state index in [4.69, 9.17) is 16.3 Å². The highest BCUT2D eigenvalue weighted by molar-refractivity contribution is 6.33. The second-order valence-corrected chi connectivity index (χ2v) is 7.63. The molecule has 1 N–H and O–H groups in total. The molecule has 1 aliphatic heterocycles. The van der Waals surface area contributed by atoms with Gasteiger partial charge in [-0.05, 0) is 49.2 Å². The van der Waals surface area contributed by atoms with Gasteiger partial charge in [-0.1, -0.05) is 29.8 Å². The van der Waals surface area contributed by atoms with Crippen molar-refractivity contribution in [1.82, 2.24) is 9.80 Å². The van der Waals surface area contributed by atoms with E-state index < -0.39 is 0 Å². The highest BCUT2D eigenvalue weighted by Gasteiger charge is 2.23. The number of anilines is 1. The van der Waals surface area contributed by atoms with Crippen LogP contribution in [0.5, 0.6) is 5.75 Å². The molecule has 0 saturated carbocycles. The van der Waals surface area contributed by atoms with E-state index in [-0.39, 0.29) is 25.0 Å². The summed E-state index contributed by atoms with van der Waals surface area (Å²) in [7, 11) is 0. The van der Waals surface area contributed by atoms with Crippen LogP contribution in [0.15, 0.2) is 42.5 Å². The molecule has 1 aliphatic rings. The third-order valence-electron chi connectivity index (χ3n) is 5.08. The topological polar surface area (TPSA) is 61.9 Å². The van der Waals surface area contributed by atoms with Crippen molar-refractivity contribution in [1.29, 1.82) is 0 Å². The molecule has 2 aromatic carbocycles. The molecule has 0 radical (unpaired) electrons. The summed E-state index contributed by atoms with van der Waals surface area (Å²) in [6, 6.07) is 13.0. The summed E-state index contributed by atoms with van der Waals surface area (Å²) in [5, 5.41) is 3.34. The minimum absolute atomic E-state index is 0.0233. The van der Waals surface area contributed by atoms with Crippen LogP contribution >= 0.6 is 11.6 Å². The molecule has 0 aromatic heterocycles. The van der Waals surface area contributed by atoms with Gasteiger partial charge in [0.2, 0.25) is 5.91 Å². The third-order valence-corrected chi connectivity index (χ3v) is 5.41. The fourth-order valence-corrected chi connectivity index (χ4v) is 3.33. The number of para-hydroxylation sites is 1. The molecule has 0 aliphatic carbocycles. The van der Waals surface area contributed by atoms with Gasteiger partial charge >= 0.3 is 0 Å². The summed E-state index contributed by atoms with van der Waals surface area (Å²) < 4.78 is 5.64. The van der Waals surface area contributed by atoms with Crippen molar-refractivity contribution in [3.05, 3.63) is 58.6 Å². The molecule has 7 heteroatoms. The largest absolute Gasteiger partial charge is 0.484 e. The lowest BCUT2D eigenvalue weighted by Gasteiger charge is -2.34. The van der Waals surface area contributed by atoms with E-state index in [0.29, 0.717) is 42.6 Å². The third kappa shape index (κ3) is 5.95. The standard InChI is InChI=1S/C22H26ClN3O3/c1-16-7-8-18(13-17(16)2)29-15-22(28)26-11-9-25(10-12-26)14-21(27)24-20-6-4-3-5-19(20)23/h3-8,13H,9-12,14-15H2,1-2H3,(H,24,27). The fourth-order valence-electron chi connectivity index (χ4n) is 3.15. The van der Waals surface area contributed by atoms with Gasteiger partial charge < -0.3 is 15.0 Å². The van der Waals surface area contributed by atoms with Gasteiger partial charge in [0, 0.05) is 26.2 Å². The molecule has 2 aromatic rings. The zero-order valence-electron chi connectivity index (χ0n) is 16.8. The van der Waals surface area contributed by atoms with Crippen molar-refractivity contribution in [3.8, 4) is 5.75 Å². The monoisotopic (exact) mass is 415 g/mol. The first-order valence-electron chi connectivity index (χ1n) is 9.67. The number of halogens is 1. The van der Waals surface area contributed by atoms with Crippen LogP contribution in [0, 0.1) is 13.8 Å². The minimum Gasteiger partial charge on any atom is -0.484 e. The summed E-state index contributed by atoms with van der Waals surface area (Å²) in [6.45, 7) is 6.80. The number of piperazine rings is 1. The zero-order chi connectivity index (χ0) is 20.8. The van der Waals surface area contributed by atoms with E-state index in [2.05, 4.69) is 5.32 Å². The quantitative estimate of drug-likeness (QED) is 0.787. The predicted octanol–water partition coefficient (Wildman–Crippen LogP) is 3.12. The summed E-state index contributed by atoms with van der Waals surface area (Å²) in [6.07, 6.45) is 0. The van der Waals surface area contributed by atoms with E-state index in [1.165, 1.54) is 5.56 Å². The number of ether oxygens (including phenoxy) is 1. The molecule has 1 heterocycles. The lowest BCUT2D eigenvalue weighted by atomic mass is 10.1. The van der Waals surface area contributed by atoms with E-state index in [1.54, 1.807) is 17.0 Å². The number of amides is 2. The highest BCUT2D eigenvalue weighted by atomic mass is 35.5. The average molecular weight is 416 g/mol. The van der Waals surface area contributed by atoms with Crippen molar-refractivity contribution in [2.24, 2.45) is 0 Å². The smallest absolute Gasteiger partial charge is 0.260 e. The maximum atomic E-state index is 12.4. The van der Waals surface area contributed by atoms with Gasteiger partial charge in [-0.15, -0.1) is 0 Å². The molecule has 154 valence electrons. The summed E-state index contributed by atoms with van der Waals surface area (Å²) >= 11 is 6.07. The second kappa shape index (κ2) is 9.76. The highest BCUT2D eigenvalue weighted by Crippen LogP contribution is 2.20. The molecule has 0 unspecified atom stereocenters. The van der Waals surface area contributed by atoms with Crippen molar-refractivity contribution < 1.29 is 14.3 Å². The first kappa shape index (κ1) is 21.1. The Bertz CT molecular complexity index is 879. The van der Waals surface area contributed by atoms with Crippen LogP contribution in [-0.2, 0) is 9.59 Å². The molecular weight excluding hydrogens is 390 g/mol. The zero-order valence-corrected chi connectivity index (χ0v) is 17.5. The number of carbonyl (C=O) groups is 2. The number of aryl methyl sites for hydroxylation is 2. The fraction of sp³-hybridized carbons (Fsp3) is 0.364. The molecule has 0 atom stereocenters. The summed E-state index contributed by atoms with van der Waals surface area (Å²) in [4.78, 5) is 28.5. The molecule has 2 amide bonds. The number of rotatable bonds is 6. The van der Waals surface area contributed by atoms with E-state index in [0.717, 1.165) is 5.56 Å². The molecule has 0 spiro atoms. The van der Waals surface area contributed by atoms with Gasteiger partial charge in [0.1, 0.15) is 5.75 Å². The van der Waals surface area contributed by atoms with Crippen molar-refractivity contribution in [3.63, 3.8) is 0 Å². The number of carbonyl (C=O) groups excluding carboxylic acids is 2. The Morgan fingerprint density at radius 3 is 2.45 bits per heavy atom. The van der Waals surface area contributed by atoms with E-state index >= 15 is 0 Å². The first-order chi connectivity index (χ1) is 13.9. The Morgan fingerprint density at radius 2 is 1.76 bits per heavy atom. The van der Waals surface area contributed by atoms with Crippen molar-refractivity contribution >= 4 is 29.1 Å². The van der Waals surface area contributed by atoms with Crippen LogP contribution in [0.3, 0.4) is 0 Å². The molecule has 6 nitrogen and oxygen atoms in total. The molecule has 1 saturated heterocycles. The minimum atomic E-state index is -0.115. The van der Waals surface area contributed by atoms with Gasteiger partial charge in [0.25, 0.3) is 5.91 Å².